The molecule has 0 bridgehead atoms. The SMILES string of the molecule is O=C1OCCCC1CCSCCCSCCC1CCCOC1=O. The second-order valence-corrected chi connectivity index (χ2v) is 8.62. The Morgan fingerprint density at radius 2 is 1.26 bits per heavy atom. The lowest BCUT2D eigenvalue weighted by atomic mass is 9.99. The summed E-state index contributed by atoms with van der Waals surface area (Å²) in [5.74, 6) is 4.71. The van der Waals surface area contributed by atoms with E-state index in [1.165, 1.54) is 6.42 Å². The molecule has 0 aromatic heterocycles. The van der Waals surface area contributed by atoms with E-state index in [-0.39, 0.29) is 23.8 Å². The van der Waals surface area contributed by atoms with E-state index in [2.05, 4.69) is 0 Å². The predicted octanol–water partition coefficient (Wildman–Crippen LogP) is 3.53. The number of cyclic esters (lactones) is 2. The van der Waals surface area contributed by atoms with Gasteiger partial charge in [-0.25, -0.2) is 0 Å². The van der Waals surface area contributed by atoms with Gasteiger partial charge in [0.25, 0.3) is 0 Å². The molecule has 0 saturated carbocycles. The van der Waals surface area contributed by atoms with Crippen LogP contribution in [0.15, 0.2) is 0 Å². The lowest BCUT2D eigenvalue weighted by molar-refractivity contribution is -0.153. The molecule has 2 rings (SSSR count). The van der Waals surface area contributed by atoms with Crippen molar-refractivity contribution in [3.63, 3.8) is 0 Å². The van der Waals surface area contributed by atoms with Crippen LogP contribution in [-0.2, 0) is 19.1 Å². The van der Waals surface area contributed by atoms with E-state index >= 15 is 0 Å². The van der Waals surface area contributed by atoms with Crippen LogP contribution < -0.4 is 0 Å². The molecule has 2 aliphatic heterocycles. The van der Waals surface area contributed by atoms with Crippen molar-refractivity contribution in [3.8, 4) is 0 Å². The van der Waals surface area contributed by atoms with Gasteiger partial charge in [-0.05, 0) is 68.0 Å². The fraction of sp³-hybridized carbons (Fsp3) is 0.882. The Balaban J connectivity index is 1.38. The normalized spacial score (nSPS) is 25.0. The van der Waals surface area contributed by atoms with Crippen molar-refractivity contribution in [2.24, 2.45) is 11.8 Å². The second-order valence-electron chi connectivity index (χ2n) is 6.17. The number of carbonyl (C=O) groups is 2. The molecule has 0 aromatic carbocycles. The van der Waals surface area contributed by atoms with Gasteiger partial charge in [0.2, 0.25) is 0 Å². The molecule has 0 radical (unpaired) electrons. The molecule has 2 heterocycles. The summed E-state index contributed by atoms with van der Waals surface area (Å²) in [5, 5.41) is 0. The van der Waals surface area contributed by atoms with Crippen LogP contribution in [0.1, 0.15) is 44.9 Å². The van der Waals surface area contributed by atoms with Crippen LogP contribution >= 0.6 is 23.5 Å². The monoisotopic (exact) mass is 360 g/mol. The zero-order valence-electron chi connectivity index (χ0n) is 13.8. The molecular formula is C17H28O4S2. The standard InChI is InChI=1S/C17H28O4S2/c18-16-14(4-1-8-20-16)6-12-22-10-3-11-23-13-7-15-5-2-9-21-17(15)19/h14-15H,1-13H2. The van der Waals surface area contributed by atoms with Gasteiger partial charge in [0, 0.05) is 0 Å². The molecule has 4 nitrogen and oxygen atoms in total. The van der Waals surface area contributed by atoms with Crippen LogP contribution in [-0.4, -0.2) is 48.2 Å². The average Bonchev–Trinajstić information content (AvgIpc) is 2.56. The number of ether oxygens (including phenoxy) is 2. The Morgan fingerprint density at radius 1 is 0.783 bits per heavy atom. The molecule has 2 atom stereocenters. The van der Waals surface area contributed by atoms with Gasteiger partial charge in [-0.3, -0.25) is 9.59 Å². The van der Waals surface area contributed by atoms with E-state index < -0.39 is 0 Å². The van der Waals surface area contributed by atoms with Crippen molar-refractivity contribution in [2.45, 2.75) is 44.9 Å². The summed E-state index contributed by atoms with van der Waals surface area (Å²) in [6, 6.07) is 0. The van der Waals surface area contributed by atoms with E-state index in [4.69, 9.17) is 9.47 Å². The van der Waals surface area contributed by atoms with Gasteiger partial charge in [-0.1, -0.05) is 0 Å². The molecular weight excluding hydrogens is 332 g/mol. The van der Waals surface area contributed by atoms with Gasteiger partial charge < -0.3 is 9.47 Å². The Labute approximate surface area is 147 Å². The van der Waals surface area contributed by atoms with Gasteiger partial charge in [0.05, 0.1) is 25.0 Å². The smallest absolute Gasteiger partial charge is 0.308 e. The Hall–Kier alpha value is -0.360. The van der Waals surface area contributed by atoms with Crippen molar-refractivity contribution in [1.29, 1.82) is 0 Å². The third kappa shape index (κ3) is 7.38. The number of rotatable bonds is 10. The van der Waals surface area contributed by atoms with Crippen LogP contribution in [0.25, 0.3) is 0 Å². The molecule has 2 aliphatic rings. The first kappa shape index (κ1) is 19.0. The minimum absolute atomic E-state index is 0.00800. The molecule has 2 saturated heterocycles. The molecule has 0 N–H and O–H groups in total. The number of hydrogen-bond donors (Lipinski definition) is 0. The third-order valence-electron chi connectivity index (χ3n) is 4.35. The highest BCUT2D eigenvalue weighted by molar-refractivity contribution is 8.00. The number of hydrogen-bond acceptors (Lipinski definition) is 6. The van der Waals surface area contributed by atoms with E-state index in [1.54, 1.807) is 0 Å². The van der Waals surface area contributed by atoms with Gasteiger partial charge in [-0.2, -0.15) is 23.5 Å². The lowest BCUT2D eigenvalue weighted by Crippen LogP contribution is -2.24. The summed E-state index contributed by atoms with van der Waals surface area (Å²) in [5.41, 5.74) is 0. The summed E-state index contributed by atoms with van der Waals surface area (Å²) >= 11 is 3.88. The average molecular weight is 361 g/mol. The summed E-state index contributed by atoms with van der Waals surface area (Å²) in [7, 11) is 0. The molecule has 2 unspecified atom stereocenters. The first-order valence-electron chi connectivity index (χ1n) is 8.76. The molecule has 132 valence electrons. The number of thioether (sulfide) groups is 2. The van der Waals surface area contributed by atoms with Crippen LogP contribution in [0.2, 0.25) is 0 Å². The van der Waals surface area contributed by atoms with E-state index in [0.717, 1.165) is 61.5 Å². The van der Waals surface area contributed by atoms with Crippen molar-refractivity contribution in [2.75, 3.05) is 36.2 Å². The van der Waals surface area contributed by atoms with Crippen LogP contribution in [0, 0.1) is 11.8 Å². The van der Waals surface area contributed by atoms with Crippen molar-refractivity contribution < 1.29 is 19.1 Å². The molecule has 0 spiro atoms. The Kier molecular flexibility index (Phi) is 9.27. The topological polar surface area (TPSA) is 52.6 Å². The molecule has 2 fully saturated rings. The second kappa shape index (κ2) is 11.2. The van der Waals surface area contributed by atoms with Crippen LogP contribution in [0.5, 0.6) is 0 Å². The maximum atomic E-state index is 11.5. The predicted molar refractivity (Wildman–Crippen MR) is 95.9 cm³/mol. The maximum Gasteiger partial charge on any atom is 0.308 e. The van der Waals surface area contributed by atoms with Gasteiger partial charge in [-0.15, -0.1) is 0 Å². The van der Waals surface area contributed by atoms with Crippen LogP contribution in [0.3, 0.4) is 0 Å². The van der Waals surface area contributed by atoms with Gasteiger partial charge >= 0.3 is 11.9 Å². The van der Waals surface area contributed by atoms with Gasteiger partial charge in [0.1, 0.15) is 0 Å². The van der Waals surface area contributed by atoms with Crippen LogP contribution in [0.4, 0.5) is 0 Å². The maximum absolute atomic E-state index is 11.5. The minimum atomic E-state index is 0.00800. The first-order valence-corrected chi connectivity index (χ1v) is 11.1. The quantitative estimate of drug-likeness (QED) is 0.439. The van der Waals surface area contributed by atoms with Gasteiger partial charge in [0.15, 0.2) is 0 Å². The number of carbonyl (C=O) groups excluding carboxylic acids is 2. The highest BCUT2D eigenvalue weighted by Crippen LogP contribution is 2.23. The fourth-order valence-electron chi connectivity index (χ4n) is 2.92. The molecule has 6 heteroatoms. The summed E-state index contributed by atoms with van der Waals surface area (Å²) in [6.45, 7) is 1.22. The largest absolute Gasteiger partial charge is 0.465 e. The minimum Gasteiger partial charge on any atom is -0.465 e. The summed E-state index contributed by atoms with van der Waals surface area (Å²) < 4.78 is 10.2. The van der Waals surface area contributed by atoms with E-state index in [0.29, 0.717) is 13.2 Å². The highest BCUT2D eigenvalue weighted by atomic mass is 32.2. The third-order valence-corrected chi connectivity index (χ3v) is 6.55. The molecule has 0 aromatic rings. The molecule has 0 aliphatic carbocycles. The summed E-state index contributed by atoms with van der Waals surface area (Å²) in [6.07, 6.45) is 7.15. The highest BCUT2D eigenvalue weighted by Gasteiger charge is 2.24. The zero-order chi connectivity index (χ0) is 16.3. The summed E-state index contributed by atoms with van der Waals surface area (Å²) in [4.78, 5) is 23.0. The number of esters is 2. The van der Waals surface area contributed by atoms with Crippen molar-refractivity contribution >= 4 is 35.5 Å². The zero-order valence-corrected chi connectivity index (χ0v) is 15.4. The first-order chi connectivity index (χ1) is 11.3. The molecule has 0 amide bonds. The molecule has 23 heavy (non-hydrogen) atoms. The Bertz CT molecular complexity index is 342. The van der Waals surface area contributed by atoms with E-state index in [1.807, 2.05) is 23.5 Å². The van der Waals surface area contributed by atoms with E-state index in [9.17, 15) is 9.59 Å². The fourth-order valence-corrected chi connectivity index (χ4v) is 5.11. The van der Waals surface area contributed by atoms with Crippen molar-refractivity contribution in [3.05, 3.63) is 0 Å². The Morgan fingerprint density at radius 3 is 1.70 bits per heavy atom. The van der Waals surface area contributed by atoms with Crippen molar-refractivity contribution in [1.82, 2.24) is 0 Å². The lowest BCUT2D eigenvalue weighted by Gasteiger charge is -2.20.